The summed E-state index contributed by atoms with van der Waals surface area (Å²) in [5.74, 6) is -0.0840. The monoisotopic (exact) mass is 284 g/mol. The molecule has 0 heterocycles. The van der Waals surface area contributed by atoms with E-state index in [-0.39, 0.29) is 31.0 Å². The fourth-order valence-electron chi connectivity index (χ4n) is 1.31. The fourth-order valence-corrected chi connectivity index (χ4v) is 1.49. The maximum absolute atomic E-state index is 11.4. The minimum Gasteiger partial charge on any atom is -0.484 e. The van der Waals surface area contributed by atoms with Crippen LogP contribution in [0.5, 0.6) is 5.75 Å². The van der Waals surface area contributed by atoms with Gasteiger partial charge in [0.2, 0.25) is 5.91 Å². The molecule has 1 aromatic carbocycles. The highest BCUT2D eigenvalue weighted by atomic mass is 35.5. The van der Waals surface area contributed by atoms with Crippen LogP contribution in [0, 0.1) is 0 Å². The predicted molar refractivity (Wildman–Crippen MR) is 73.2 cm³/mol. The van der Waals surface area contributed by atoms with E-state index < -0.39 is 0 Å². The first-order valence-electron chi connectivity index (χ1n) is 5.92. The Hall–Kier alpha value is -1.75. The molecule has 0 saturated carbocycles. The lowest BCUT2D eigenvalue weighted by atomic mass is 10.3. The molecule has 0 atom stereocenters. The smallest absolute Gasteiger partial charge is 0.258 e. The summed E-state index contributed by atoms with van der Waals surface area (Å²) in [5.41, 5.74) is 0. The van der Waals surface area contributed by atoms with Gasteiger partial charge in [-0.3, -0.25) is 9.59 Å². The second-order valence-corrected chi connectivity index (χ2v) is 4.68. The van der Waals surface area contributed by atoms with Gasteiger partial charge in [0, 0.05) is 11.1 Å². The molecule has 1 rings (SSSR count). The number of carbonyl (C=O) groups is 2. The van der Waals surface area contributed by atoms with E-state index in [2.05, 4.69) is 10.6 Å². The average molecular weight is 285 g/mol. The highest BCUT2D eigenvalue weighted by Gasteiger charge is 2.07. The summed E-state index contributed by atoms with van der Waals surface area (Å²) in [7, 11) is 0. The molecule has 0 spiro atoms. The van der Waals surface area contributed by atoms with Crippen molar-refractivity contribution in [2.24, 2.45) is 0 Å². The van der Waals surface area contributed by atoms with Crippen LogP contribution in [0.1, 0.15) is 13.8 Å². The number of amides is 2. The molecule has 5 nitrogen and oxygen atoms in total. The zero-order valence-corrected chi connectivity index (χ0v) is 11.7. The molecule has 0 aliphatic carbocycles. The zero-order chi connectivity index (χ0) is 14.3. The van der Waals surface area contributed by atoms with Crippen molar-refractivity contribution in [1.82, 2.24) is 10.6 Å². The number of rotatable bonds is 6. The molecule has 0 bridgehead atoms. The summed E-state index contributed by atoms with van der Waals surface area (Å²) in [5, 5.41) is 5.67. The first-order valence-corrected chi connectivity index (χ1v) is 6.29. The quantitative estimate of drug-likeness (QED) is 0.829. The summed E-state index contributed by atoms with van der Waals surface area (Å²) in [4.78, 5) is 22.7. The molecule has 0 saturated heterocycles. The molecule has 104 valence electrons. The van der Waals surface area contributed by atoms with Crippen LogP contribution in [0.2, 0.25) is 5.02 Å². The summed E-state index contributed by atoms with van der Waals surface area (Å²) < 4.78 is 5.23. The lowest BCUT2D eigenvalue weighted by Crippen LogP contribution is -2.41. The van der Waals surface area contributed by atoms with Crippen molar-refractivity contribution in [3.05, 3.63) is 29.3 Å². The number of carbonyl (C=O) groups excluding carboxylic acids is 2. The van der Waals surface area contributed by atoms with Gasteiger partial charge in [-0.15, -0.1) is 0 Å². The molecule has 0 aliphatic heterocycles. The van der Waals surface area contributed by atoms with Crippen LogP contribution >= 0.6 is 11.6 Å². The van der Waals surface area contributed by atoms with Crippen molar-refractivity contribution in [1.29, 1.82) is 0 Å². The molecule has 6 heteroatoms. The first-order chi connectivity index (χ1) is 8.97. The second kappa shape index (κ2) is 7.63. The average Bonchev–Trinajstić information content (AvgIpc) is 2.33. The number of hydrogen-bond acceptors (Lipinski definition) is 3. The molecular weight excluding hydrogens is 268 g/mol. The molecular formula is C13H17ClN2O3. The Morgan fingerprint density at radius 1 is 1.32 bits per heavy atom. The van der Waals surface area contributed by atoms with Gasteiger partial charge in [0.25, 0.3) is 5.91 Å². The fraction of sp³-hybridized carbons (Fsp3) is 0.385. The van der Waals surface area contributed by atoms with E-state index in [1.807, 2.05) is 13.8 Å². The Labute approximate surface area is 117 Å². The third-order valence-corrected chi connectivity index (χ3v) is 2.30. The van der Waals surface area contributed by atoms with Gasteiger partial charge in [-0.05, 0) is 32.0 Å². The van der Waals surface area contributed by atoms with Crippen molar-refractivity contribution < 1.29 is 14.3 Å². The van der Waals surface area contributed by atoms with Crippen molar-refractivity contribution in [3.63, 3.8) is 0 Å². The first kappa shape index (κ1) is 15.3. The Kier molecular flexibility index (Phi) is 6.15. The number of benzene rings is 1. The molecule has 1 aromatic rings. The summed E-state index contributed by atoms with van der Waals surface area (Å²) >= 11 is 5.78. The van der Waals surface area contributed by atoms with Crippen LogP contribution < -0.4 is 15.4 Å². The van der Waals surface area contributed by atoms with Crippen molar-refractivity contribution in [3.8, 4) is 5.75 Å². The Morgan fingerprint density at radius 3 is 2.68 bits per heavy atom. The van der Waals surface area contributed by atoms with Gasteiger partial charge in [0.05, 0.1) is 6.54 Å². The highest BCUT2D eigenvalue weighted by molar-refractivity contribution is 6.30. The van der Waals surface area contributed by atoms with Crippen LogP contribution in [0.3, 0.4) is 0 Å². The van der Waals surface area contributed by atoms with E-state index >= 15 is 0 Å². The molecule has 0 radical (unpaired) electrons. The molecule has 2 N–H and O–H groups in total. The maximum Gasteiger partial charge on any atom is 0.258 e. The molecule has 0 fully saturated rings. The van der Waals surface area contributed by atoms with Crippen LogP contribution in [-0.2, 0) is 9.59 Å². The lowest BCUT2D eigenvalue weighted by molar-refractivity contribution is -0.127. The summed E-state index contributed by atoms with van der Waals surface area (Å²) in [6.07, 6.45) is 0. The van der Waals surface area contributed by atoms with Gasteiger partial charge in [-0.2, -0.15) is 0 Å². The Morgan fingerprint density at radius 2 is 2.05 bits per heavy atom. The number of nitrogens with one attached hydrogen (secondary N) is 2. The maximum atomic E-state index is 11.4. The number of hydrogen-bond donors (Lipinski definition) is 2. The molecule has 0 unspecified atom stereocenters. The van der Waals surface area contributed by atoms with Crippen molar-refractivity contribution >= 4 is 23.4 Å². The van der Waals surface area contributed by atoms with Crippen LogP contribution in [-0.4, -0.2) is 31.0 Å². The van der Waals surface area contributed by atoms with Crippen LogP contribution in [0.25, 0.3) is 0 Å². The van der Waals surface area contributed by atoms with Crippen molar-refractivity contribution in [2.45, 2.75) is 19.9 Å². The van der Waals surface area contributed by atoms with Crippen LogP contribution in [0.4, 0.5) is 0 Å². The van der Waals surface area contributed by atoms with Gasteiger partial charge in [-0.1, -0.05) is 17.7 Å². The van der Waals surface area contributed by atoms with E-state index in [1.165, 1.54) is 0 Å². The summed E-state index contributed by atoms with van der Waals surface area (Å²) in [6, 6.07) is 6.80. The molecule has 0 aliphatic rings. The predicted octanol–water partition coefficient (Wildman–Crippen LogP) is 1.36. The van der Waals surface area contributed by atoms with E-state index in [0.29, 0.717) is 10.8 Å². The molecule has 2 amide bonds. The van der Waals surface area contributed by atoms with E-state index in [9.17, 15) is 9.59 Å². The van der Waals surface area contributed by atoms with E-state index in [4.69, 9.17) is 16.3 Å². The zero-order valence-electron chi connectivity index (χ0n) is 10.9. The number of halogens is 1. The number of ether oxygens (including phenoxy) is 1. The Bertz CT molecular complexity index is 449. The normalized spacial score (nSPS) is 10.1. The van der Waals surface area contributed by atoms with Gasteiger partial charge < -0.3 is 15.4 Å². The minimum absolute atomic E-state index is 0.0483. The van der Waals surface area contributed by atoms with Gasteiger partial charge in [0.15, 0.2) is 6.61 Å². The van der Waals surface area contributed by atoms with Gasteiger partial charge >= 0.3 is 0 Å². The minimum atomic E-state index is -0.362. The van der Waals surface area contributed by atoms with E-state index in [0.717, 1.165) is 0 Å². The standard InChI is InChI=1S/C13H17ClN2O3/c1-9(2)16-12(17)7-15-13(18)8-19-11-5-3-4-10(14)6-11/h3-6,9H,7-8H2,1-2H3,(H,15,18)(H,16,17). The second-order valence-electron chi connectivity index (χ2n) is 4.24. The highest BCUT2D eigenvalue weighted by Crippen LogP contribution is 2.16. The Balaban J connectivity index is 2.26. The lowest BCUT2D eigenvalue weighted by Gasteiger charge is -2.10. The van der Waals surface area contributed by atoms with Crippen LogP contribution in [0.15, 0.2) is 24.3 Å². The molecule has 0 aromatic heterocycles. The third kappa shape index (κ3) is 6.67. The van der Waals surface area contributed by atoms with Gasteiger partial charge in [-0.25, -0.2) is 0 Å². The third-order valence-electron chi connectivity index (χ3n) is 2.06. The SMILES string of the molecule is CC(C)NC(=O)CNC(=O)COc1cccc(Cl)c1. The largest absolute Gasteiger partial charge is 0.484 e. The van der Waals surface area contributed by atoms with Crippen molar-refractivity contribution in [2.75, 3.05) is 13.2 Å². The topological polar surface area (TPSA) is 67.4 Å². The van der Waals surface area contributed by atoms with E-state index in [1.54, 1.807) is 24.3 Å². The summed E-state index contributed by atoms with van der Waals surface area (Å²) in [6.45, 7) is 3.48. The molecule has 19 heavy (non-hydrogen) atoms. The van der Waals surface area contributed by atoms with Gasteiger partial charge in [0.1, 0.15) is 5.75 Å².